The second kappa shape index (κ2) is 12.8. The molecule has 2 aromatic carbocycles. The van der Waals surface area contributed by atoms with Crippen molar-refractivity contribution in [2.45, 2.75) is 73.6 Å². The third-order valence-electron chi connectivity index (χ3n) is 5.56. The summed E-state index contributed by atoms with van der Waals surface area (Å²) in [5, 5.41) is 10.9. The minimum absolute atomic E-state index is 0. The Hall–Kier alpha value is -2.29. The van der Waals surface area contributed by atoms with Gasteiger partial charge in [0.1, 0.15) is 0 Å². The molecule has 3 aromatic rings. The Balaban J connectivity index is 0.000000595. The summed E-state index contributed by atoms with van der Waals surface area (Å²) in [5.41, 5.74) is 7.50. The van der Waals surface area contributed by atoms with Gasteiger partial charge in [-0.2, -0.15) is 0 Å². The average Bonchev–Trinajstić information content (AvgIpc) is 2.70. The Bertz CT molecular complexity index is 1110. The summed E-state index contributed by atoms with van der Waals surface area (Å²) in [7, 11) is 0. The van der Waals surface area contributed by atoms with Gasteiger partial charge in [-0.1, -0.05) is 53.7 Å². The van der Waals surface area contributed by atoms with Crippen LogP contribution in [-0.2, 0) is 24.9 Å². The summed E-state index contributed by atoms with van der Waals surface area (Å²) < 4.78 is 0. The summed E-state index contributed by atoms with van der Waals surface area (Å²) in [6.07, 6.45) is 4.28. The van der Waals surface area contributed by atoms with Crippen molar-refractivity contribution >= 4 is 16.6 Å². The number of hydrogen-bond donors (Lipinski definition) is 1. The number of pyridine rings is 1. The van der Waals surface area contributed by atoms with E-state index in [1.54, 1.807) is 0 Å². The van der Waals surface area contributed by atoms with Crippen LogP contribution in [0.3, 0.4) is 0 Å². The van der Waals surface area contributed by atoms with E-state index >= 15 is 0 Å². The van der Waals surface area contributed by atoms with E-state index in [9.17, 15) is 4.79 Å². The fourth-order valence-corrected chi connectivity index (χ4v) is 4.12. The number of allylic oxidation sites excluding steroid dienone is 2. The van der Waals surface area contributed by atoms with Gasteiger partial charge in [-0.15, -0.1) is 34.9 Å². The third kappa shape index (κ3) is 7.62. The number of aryl methyl sites for hydroxylation is 2. The SMILES string of the molecule is CC(=O)/C=C(/C)O.CCC(C)c1ccc2c(-c3[c-]c(C)cc(C)c3)nccc2c1C(C)C.[Ir]. The maximum Gasteiger partial charge on any atom is 0.155 e. The number of benzene rings is 2. The predicted molar refractivity (Wildman–Crippen MR) is 135 cm³/mol. The Kier molecular flexibility index (Phi) is 11.2. The monoisotopic (exact) mass is 623 g/mol. The van der Waals surface area contributed by atoms with Crippen LogP contribution in [-0.4, -0.2) is 15.9 Å². The normalized spacial score (nSPS) is 12.1. The van der Waals surface area contributed by atoms with Crippen molar-refractivity contribution in [3.05, 3.63) is 76.7 Å². The molecule has 3 nitrogen and oxygen atoms in total. The van der Waals surface area contributed by atoms with Gasteiger partial charge in [0.2, 0.25) is 0 Å². The molecule has 0 fully saturated rings. The Morgan fingerprint density at radius 1 is 1.09 bits per heavy atom. The van der Waals surface area contributed by atoms with Gasteiger partial charge in [0.25, 0.3) is 0 Å². The van der Waals surface area contributed by atoms with Gasteiger partial charge in [-0.25, -0.2) is 0 Å². The third-order valence-corrected chi connectivity index (χ3v) is 5.56. The van der Waals surface area contributed by atoms with E-state index in [0.717, 1.165) is 23.2 Å². The van der Waals surface area contributed by atoms with Gasteiger partial charge in [0, 0.05) is 32.4 Å². The van der Waals surface area contributed by atoms with Crippen LogP contribution < -0.4 is 0 Å². The number of aromatic nitrogens is 1. The second-order valence-corrected chi connectivity index (χ2v) is 8.94. The molecule has 1 heterocycles. The molecular formula is C29H36IrNO2-. The first kappa shape index (κ1) is 28.7. The average molecular weight is 623 g/mol. The van der Waals surface area contributed by atoms with Gasteiger partial charge in [-0.05, 0) is 65.8 Å². The molecule has 0 aliphatic rings. The molecule has 1 atom stereocenters. The zero-order valence-corrected chi connectivity index (χ0v) is 23.4. The van der Waals surface area contributed by atoms with Crippen LogP contribution in [0.15, 0.2) is 48.4 Å². The summed E-state index contributed by atoms with van der Waals surface area (Å²) >= 11 is 0. The maximum absolute atomic E-state index is 10.0. The van der Waals surface area contributed by atoms with Crippen molar-refractivity contribution in [1.29, 1.82) is 0 Å². The summed E-state index contributed by atoms with van der Waals surface area (Å²) in [6, 6.07) is 14.6. The largest absolute Gasteiger partial charge is 0.512 e. The Labute approximate surface area is 212 Å². The molecule has 33 heavy (non-hydrogen) atoms. The zero-order valence-electron chi connectivity index (χ0n) is 21.0. The Morgan fingerprint density at radius 2 is 1.76 bits per heavy atom. The number of carbonyl (C=O) groups excluding carboxylic acids is 1. The number of fused-ring (bicyclic) bond motifs is 1. The van der Waals surface area contributed by atoms with Gasteiger partial charge >= 0.3 is 0 Å². The van der Waals surface area contributed by atoms with Crippen LogP contribution in [0, 0.1) is 19.9 Å². The van der Waals surface area contributed by atoms with Crippen molar-refractivity contribution in [3.8, 4) is 11.3 Å². The van der Waals surface area contributed by atoms with E-state index in [-0.39, 0.29) is 31.6 Å². The van der Waals surface area contributed by atoms with Crippen LogP contribution in [0.2, 0.25) is 0 Å². The number of carbonyl (C=O) groups is 1. The van der Waals surface area contributed by atoms with Crippen molar-refractivity contribution in [3.63, 3.8) is 0 Å². The molecule has 1 unspecified atom stereocenters. The molecule has 0 bridgehead atoms. The van der Waals surface area contributed by atoms with E-state index in [2.05, 4.69) is 77.9 Å². The predicted octanol–water partition coefficient (Wildman–Crippen LogP) is 7.99. The van der Waals surface area contributed by atoms with Crippen molar-refractivity contribution < 1.29 is 30.0 Å². The smallest absolute Gasteiger partial charge is 0.155 e. The number of aliphatic hydroxyl groups is 1. The number of rotatable bonds is 5. The van der Waals surface area contributed by atoms with Crippen molar-refractivity contribution in [2.24, 2.45) is 0 Å². The summed E-state index contributed by atoms with van der Waals surface area (Å²) in [5.74, 6) is 1.00. The number of hydrogen-bond acceptors (Lipinski definition) is 3. The summed E-state index contributed by atoms with van der Waals surface area (Å²) in [6.45, 7) is 16.3. The first-order chi connectivity index (χ1) is 15.0. The van der Waals surface area contributed by atoms with E-state index in [1.165, 1.54) is 47.4 Å². The van der Waals surface area contributed by atoms with Gasteiger partial charge in [0.15, 0.2) is 5.78 Å². The molecule has 1 N–H and O–H groups in total. The number of aliphatic hydroxyl groups excluding tert-OH is 1. The molecule has 0 saturated heterocycles. The fraction of sp³-hybridized carbons (Fsp3) is 0.379. The molecule has 1 aromatic heterocycles. The van der Waals surface area contributed by atoms with Gasteiger partial charge < -0.3 is 10.1 Å². The topological polar surface area (TPSA) is 50.2 Å². The quantitative estimate of drug-likeness (QED) is 0.178. The minimum atomic E-state index is -0.125. The Morgan fingerprint density at radius 3 is 2.24 bits per heavy atom. The van der Waals surface area contributed by atoms with Gasteiger partial charge in [0.05, 0.1) is 5.76 Å². The fourth-order valence-electron chi connectivity index (χ4n) is 4.12. The molecule has 179 valence electrons. The van der Waals surface area contributed by atoms with E-state index in [0.29, 0.717) is 11.8 Å². The van der Waals surface area contributed by atoms with Gasteiger partial charge in [-0.3, -0.25) is 4.79 Å². The molecule has 0 aliphatic carbocycles. The molecule has 0 spiro atoms. The standard InChI is InChI=1S/C24H28N.C5H8O2.Ir/c1-7-18(6)20-8-9-22-21(23(20)15(2)3)10-11-25-24(22)19-13-16(4)12-17(5)14-19;1-4(6)3-5(2)7;/h8-13,15,18H,7H2,1-6H3;3,6H,1-2H3;/q-1;;/b;4-3-;. The van der Waals surface area contributed by atoms with E-state index in [4.69, 9.17) is 10.1 Å². The first-order valence-electron chi connectivity index (χ1n) is 11.3. The van der Waals surface area contributed by atoms with Crippen LogP contribution in [0.5, 0.6) is 0 Å². The van der Waals surface area contributed by atoms with Crippen LogP contribution in [0.1, 0.15) is 82.1 Å². The molecule has 1 radical (unpaired) electrons. The molecular weight excluding hydrogens is 587 g/mol. The van der Waals surface area contributed by atoms with Crippen LogP contribution in [0.25, 0.3) is 22.0 Å². The molecule has 0 amide bonds. The molecule has 3 rings (SSSR count). The molecule has 0 saturated carbocycles. The van der Waals surface area contributed by atoms with Crippen LogP contribution >= 0.6 is 0 Å². The first-order valence-corrected chi connectivity index (χ1v) is 11.3. The van der Waals surface area contributed by atoms with E-state index < -0.39 is 0 Å². The zero-order chi connectivity index (χ0) is 24.0. The minimum Gasteiger partial charge on any atom is -0.512 e. The van der Waals surface area contributed by atoms with Crippen molar-refractivity contribution in [1.82, 2.24) is 4.98 Å². The molecule has 4 heteroatoms. The summed E-state index contributed by atoms with van der Waals surface area (Å²) in [4.78, 5) is 14.7. The number of nitrogens with zero attached hydrogens (tertiary/aromatic N) is 1. The number of ketones is 1. The van der Waals surface area contributed by atoms with E-state index in [1.807, 2.05) is 6.20 Å². The second-order valence-electron chi connectivity index (χ2n) is 8.94. The van der Waals surface area contributed by atoms with Crippen molar-refractivity contribution in [2.75, 3.05) is 0 Å². The van der Waals surface area contributed by atoms with Crippen LogP contribution in [0.4, 0.5) is 0 Å². The maximum atomic E-state index is 10.0. The molecule has 0 aliphatic heterocycles.